The summed E-state index contributed by atoms with van der Waals surface area (Å²) in [5.74, 6) is 1.55. The lowest BCUT2D eigenvalue weighted by Crippen LogP contribution is -2.31. The maximum absolute atomic E-state index is 12.2. The summed E-state index contributed by atoms with van der Waals surface area (Å²) in [6.07, 6.45) is -3.43. The molecule has 0 saturated carbocycles. The predicted molar refractivity (Wildman–Crippen MR) is 75.1 cm³/mol. The highest BCUT2D eigenvalue weighted by Crippen LogP contribution is 2.35. The van der Waals surface area contributed by atoms with E-state index < -0.39 is 12.5 Å². The van der Waals surface area contributed by atoms with Gasteiger partial charge in [-0.05, 0) is 26.0 Å². The van der Waals surface area contributed by atoms with Crippen LogP contribution in [0.15, 0.2) is 12.1 Å². The fraction of sp³-hybridized carbons (Fsp3) is 0.600. The Morgan fingerprint density at radius 2 is 2.24 bits per heavy atom. The fourth-order valence-corrected chi connectivity index (χ4v) is 2.35. The summed E-state index contributed by atoms with van der Waals surface area (Å²) in [5.41, 5.74) is 1.94. The number of aliphatic hydroxyl groups is 1. The zero-order chi connectivity index (χ0) is 15.4. The third kappa shape index (κ3) is 4.04. The Kier molecular flexibility index (Phi) is 5.36. The van der Waals surface area contributed by atoms with Crippen LogP contribution < -0.4 is 14.8 Å². The molecule has 0 fully saturated rings. The van der Waals surface area contributed by atoms with Gasteiger partial charge in [-0.15, -0.1) is 0 Å². The molecular formula is C15H21F2NO3. The lowest BCUT2D eigenvalue weighted by Gasteiger charge is -2.15. The molecule has 1 heterocycles. The molecule has 1 aromatic rings. The first-order chi connectivity index (χ1) is 10.0. The number of halogens is 2. The van der Waals surface area contributed by atoms with Crippen LogP contribution >= 0.6 is 0 Å². The van der Waals surface area contributed by atoms with Crippen LogP contribution in [0.1, 0.15) is 25.0 Å². The average molecular weight is 301 g/mol. The summed E-state index contributed by atoms with van der Waals surface area (Å²) in [4.78, 5) is 0. The van der Waals surface area contributed by atoms with Crippen molar-refractivity contribution in [2.45, 2.75) is 45.4 Å². The number of fused-ring (bicyclic) bond motifs is 1. The number of aliphatic hydroxyl groups excluding tert-OH is 1. The normalized spacial score (nSPS) is 18.5. The summed E-state index contributed by atoms with van der Waals surface area (Å²) in [5, 5.41) is 11.9. The van der Waals surface area contributed by atoms with E-state index in [2.05, 4.69) is 5.32 Å². The van der Waals surface area contributed by atoms with Gasteiger partial charge in [0.2, 0.25) is 0 Å². The van der Waals surface area contributed by atoms with Crippen LogP contribution in [0, 0.1) is 0 Å². The monoisotopic (exact) mass is 301 g/mol. The van der Waals surface area contributed by atoms with E-state index in [9.17, 15) is 8.78 Å². The average Bonchev–Trinajstić information content (AvgIpc) is 2.78. The molecule has 2 N–H and O–H groups in total. The number of rotatable bonds is 7. The molecule has 1 aliphatic rings. The number of ether oxygens (including phenoxy) is 2. The topological polar surface area (TPSA) is 50.7 Å². The van der Waals surface area contributed by atoms with Crippen molar-refractivity contribution in [1.82, 2.24) is 5.32 Å². The van der Waals surface area contributed by atoms with Gasteiger partial charge >= 0.3 is 0 Å². The van der Waals surface area contributed by atoms with E-state index in [0.717, 1.165) is 29.0 Å². The molecule has 6 heteroatoms. The second-order valence-corrected chi connectivity index (χ2v) is 5.17. The summed E-state index contributed by atoms with van der Waals surface area (Å²) < 4.78 is 35.8. The molecule has 0 aromatic heterocycles. The number of hydrogen-bond donors (Lipinski definition) is 2. The highest BCUT2D eigenvalue weighted by Gasteiger charge is 2.22. The first kappa shape index (κ1) is 16.0. The molecule has 1 aliphatic heterocycles. The Hall–Kier alpha value is -1.40. The standard InChI is InChI=1S/C15H21F2NO3/c1-3-20-13-5-10-4-9(2)21-14(10)6-11(13)7-18-8-12(19)15(16)17/h5-6,9,12,15,18-19H,3-4,7-8H2,1-2H3. The Morgan fingerprint density at radius 1 is 1.48 bits per heavy atom. The van der Waals surface area contributed by atoms with E-state index in [1.54, 1.807) is 0 Å². The molecule has 0 saturated heterocycles. The van der Waals surface area contributed by atoms with Gasteiger partial charge in [-0.25, -0.2) is 8.78 Å². The summed E-state index contributed by atoms with van der Waals surface area (Å²) >= 11 is 0. The van der Waals surface area contributed by atoms with E-state index in [0.29, 0.717) is 13.2 Å². The smallest absolute Gasteiger partial charge is 0.265 e. The molecule has 21 heavy (non-hydrogen) atoms. The van der Waals surface area contributed by atoms with Crippen LogP contribution in [0.25, 0.3) is 0 Å². The van der Waals surface area contributed by atoms with Crippen molar-refractivity contribution in [3.05, 3.63) is 23.3 Å². The van der Waals surface area contributed by atoms with Crippen LogP contribution in [0.3, 0.4) is 0 Å². The van der Waals surface area contributed by atoms with Crippen molar-refractivity contribution in [3.63, 3.8) is 0 Å². The van der Waals surface area contributed by atoms with Crippen LogP contribution in [-0.4, -0.2) is 36.9 Å². The predicted octanol–water partition coefficient (Wildman–Crippen LogP) is 2.12. The zero-order valence-electron chi connectivity index (χ0n) is 12.2. The van der Waals surface area contributed by atoms with Gasteiger partial charge in [0, 0.05) is 30.6 Å². The van der Waals surface area contributed by atoms with Crippen molar-refractivity contribution in [2.24, 2.45) is 0 Å². The summed E-state index contributed by atoms with van der Waals surface area (Å²) in [6, 6.07) is 3.83. The van der Waals surface area contributed by atoms with E-state index in [1.165, 1.54) is 0 Å². The molecule has 118 valence electrons. The molecule has 0 aliphatic carbocycles. The third-order valence-electron chi connectivity index (χ3n) is 3.34. The molecule has 0 radical (unpaired) electrons. The molecule has 2 unspecified atom stereocenters. The Labute approximate surface area is 123 Å². The summed E-state index contributed by atoms with van der Waals surface area (Å²) in [6.45, 7) is 4.59. The second-order valence-electron chi connectivity index (χ2n) is 5.17. The molecule has 1 aromatic carbocycles. The van der Waals surface area contributed by atoms with Gasteiger partial charge in [0.05, 0.1) is 6.61 Å². The molecule has 0 bridgehead atoms. The van der Waals surface area contributed by atoms with E-state index in [1.807, 2.05) is 26.0 Å². The van der Waals surface area contributed by atoms with E-state index in [-0.39, 0.29) is 12.6 Å². The molecule has 2 rings (SSSR count). The molecule has 0 spiro atoms. The van der Waals surface area contributed by atoms with E-state index in [4.69, 9.17) is 14.6 Å². The molecule has 0 amide bonds. The minimum atomic E-state index is -2.74. The van der Waals surface area contributed by atoms with Crippen LogP contribution in [0.4, 0.5) is 8.78 Å². The minimum absolute atomic E-state index is 0.137. The van der Waals surface area contributed by atoms with Crippen molar-refractivity contribution < 1.29 is 23.4 Å². The minimum Gasteiger partial charge on any atom is -0.494 e. The van der Waals surface area contributed by atoms with Gasteiger partial charge < -0.3 is 19.9 Å². The highest BCUT2D eigenvalue weighted by molar-refractivity contribution is 5.48. The highest BCUT2D eigenvalue weighted by atomic mass is 19.3. The van der Waals surface area contributed by atoms with E-state index >= 15 is 0 Å². The summed E-state index contributed by atoms with van der Waals surface area (Å²) in [7, 11) is 0. The lowest BCUT2D eigenvalue weighted by atomic mass is 10.1. The van der Waals surface area contributed by atoms with Gasteiger partial charge in [-0.2, -0.15) is 0 Å². The fourth-order valence-electron chi connectivity index (χ4n) is 2.35. The molecule has 4 nitrogen and oxygen atoms in total. The van der Waals surface area contributed by atoms with Crippen LogP contribution in [-0.2, 0) is 13.0 Å². The van der Waals surface area contributed by atoms with Crippen molar-refractivity contribution in [2.75, 3.05) is 13.2 Å². The lowest BCUT2D eigenvalue weighted by molar-refractivity contribution is -0.00342. The quantitative estimate of drug-likeness (QED) is 0.810. The zero-order valence-corrected chi connectivity index (χ0v) is 12.2. The maximum Gasteiger partial charge on any atom is 0.265 e. The Morgan fingerprint density at radius 3 is 2.90 bits per heavy atom. The van der Waals surface area contributed by atoms with Gasteiger partial charge in [0.15, 0.2) is 0 Å². The van der Waals surface area contributed by atoms with Gasteiger partial charge in [-0.1, -0.05) is 0 Å². The van der Waals surface area contributed by atoms with Crippen molar-refractivity contribution in [1.29, 1.82) is 0 Å². The van der Waals surface area contributed by atoms with Gasteiger partial charge in [0.1, 0.15) is 23.7 Å². The Balaban J connectivity index is 2.05. The van der Waals surface area contributed by atoms with Crippen LogP contribution in [0.5, 0.6) is 11.5 Å². The second kappa shape index (κ2) is 7.04. The van der Waals surface area contributed by atoms with Crippen molar-refractivity contribution in [3.8, 4) is 11.5 Å². The van der Waals surface area contributed by atoms with Crippen molar-refractivity contribution >= 4 is 0 Å². The third-order valence-corrected chi connectivity index (χ3v) is 3.34. The number of alkyl halides is 2. The Bertz CT molecular complexity index is 482. The number of benzene rings is 1. The maximum atomic E-state index is 12.2. The SMILES string of the molecule is CCOc1cc2c(cc1CNCC(O)C(F)F)OC(C)C2. The number of nitrogens with one attached hydrogen (secondary N) is 1. The van der Waals surface area contributed by atoms with Gasteiger partial charge in [0.25, 0.3) is 6.43 Å². The largest absolute Gasteiger partial charge is 0.494 e. The molecule has 2 atom stereocenters. The van der Waals surface area contributed by atoms with Crippen LogP contribution in [0.2, 0.25) is 0 Å². The first-order valence-corrected chi connectivity index (χ1v) is 7.13. The van der Waals surface area contributed by atoms with Gasteiger partial charge in [-0.3, -0.25) is 0 Å². The first-order valence-electron chi connectivity index (χ1n) is 7.13. The molecular weight excluding hydrogens is 280 g/mol. The number of hydrogen-bond acceptors (Lipinski definition) is 4.